The molecular weight excluding hydrogens is 676 g/mol. The molecule has 2 aromatic carbocycles. The summed E-state index contributed by atoms with van der Waals surface area (Å²) in [6, 6.07) is 14.8. The number of aryl methyl sites for hydroxylation is 1. The number of anilines is 2. The number of hydrogen-bond acceptors (Lipinski definition) is 13. The third kappa shape index (κ3) is 6.84. The smallest absolute Gasteiger partial charge is 0.274 e. The lowest BCUT2D eigenvalue weighted by Gasteiger charge is -2.27. The number of ether oxygens (including phenoxy) is 2. The summed E-state index contributed by atoms with van der Waals surface area (Å²) in [7, 11) is 1.53. The number of hydrogen-bond donors (Lipinski definition) is 3. The molecule has 7 rings (SSSR count). The molecule has 2 aliphatic rings. The molecule has 1 atom stereocenters. The number of fused-ring (bicyclic) bond motifs is 2. The molecule has 5 heterocycles. The van der Waals surface area contributed by atoms with Gasteiger partial charge in [0.15, 0.2) is 5.58 Å². The second-order valence-corrected chi connectivity index (χ2v) is 11.8. The van der Waals surface area contributed by atoms with Crippen LogP contribution in [0.15, 0.2) is 76.1 Å². The van der Waals surface area contributed by atoms with Gasteiger partial charge in [0.2, 0.25) is 17.7 Å². The van der Waals surface area contributed by atoms with Crippen LogP contribution in [0, 0.1) is 0 Å². The highest BCUT2D eigenvalue weighted by molar-refractivity contribution is 6.25. The molecule has 5 amide bonds. The summed E-state index contributed by atoms with van der Waals surface area (Å²) in [5, 5.41) is 12.2. The van der Waals surface area contributed by atoms with Crippen LogP contribution in [0.5, 0.6) is 5.75 Å². The zero-order valence-electron chi connectivity index (χ0n) is 27.6. The fraction of sp³-hybridized carbons (Fsp3) is 0.229. The number of imide groups is 2. The summed E-state index contributed by atoms with van der Waals surface area (Å²) in [4.78, 5) is 84.1. The van der Waals surface area contributed by atoms with Crippen molar-refractivity contribution in [3.8, 4) is 17.3 Å². The van der Waals surface area contributed by atoms with Gasteiger partial charge in [-0.2, -0.15) is 5.10 Å². The van der Waals surface area contributed by atoms with Gasteiger partial charge in [0.1, 0.15) is 35.3 Å². The molecule has 0 saturated carbocycles. The number of nitrogens with one attached hydrogen (secondary N) is 3. The minimum absolute atomic E-state index is 0.0432. The Morgan fingerprint density at radius 3 is 2.65 bits per heavy atom. The number of nitrogens with zero attached hydrogens (tertiary/aromatic N) is 5. The molecule has 17 nitrogen and oxygen atoms in total. The average Bonchev–Trinajstić information content (AvgIpc) is 3.67. The van der Waals surface area contributed by atoms with E-state index in [-0.39, 0.29) is 60.9 Å². The van der Waals surface area contributed by atoms with Crippen LogP contribution in [-0.4, -0.2) is 86.6 Å². The molecule has 52 heavy (non-hydrogen) atoms. The first-order valence-corrected chi connectivity index (χ1v) is 16.2. The number of carbonyl (C=O) groups is 5. The Bertz CT molecular complexity index is 2300. The minimum Gasteiger partial charge on any atom is -0.490 e. The molecule has 264 valence electrons. The maximum atomic E-state index is 13.2. The van der Waals surface area contributed by atoms with Crippen molar-refractivity contribution in [3.05, 3.63) is 94.0 Å². The van der Waals surface area contributed by atoms with Crippen LogP contribution in [0.3, 0.4) is 0 Å². The molecule has 3 N–H and O–H groups in total. The van der Waals surface area contributed by atoms with Gasteiger partial charge in [0.25, 0.3) is 23.3 Å². The summed E-state index contributed by atoms with van der Waals surface area (Å²) >= 11 is 0. The number of benzene rings is 2. The van der Waals surface area contributed by atoms with Gasteiger partial charge in [-0.15, -0.1) is 0 Å². The summed E-state index contributed by atoms with van der Waals surface area (Å²) in [6.45, 7) is 1.02. The number of carbonyl (C=O) groups excluding carboxylic acids is 5. The molecule has 17 heteroatoms. The zero-order valence-corrected chi connectivity index (χ0v) is 27.6. The lowest BCUT2D eigenvalue weighted by molar-refractivity contribution is -0.136. The number of amides is 5. The van der Waals surface area contributed by atoms with E-state index < -0.39 is 35.6 Å². The Hall–Kier alpha value is -6.75. The summed E-state index contributed by atoms with van der Waals surface area (Å²) in [5.41, 5.74) is 2.55. The molecule has 5 aromatic rings. The quantitative estimate of drug-likeness (QED) is 0.125. The van der Waals surface area contributed by atoms with Crippen LogP contribution in [0.2, 0.25) is 0 Å². The molecule has 0 bridgehead atoms. The van der Waals surface area contributed by atoms with Crippen LogP contribution < -0.4 is 26.2 Å². The second kappa shape index (κ2) is 14.2. The predicted molar refractivity (Wildman–Crippen MR) is 183 cm³/mol. The van der Waals surface area contributed by atoms with E-state index in [4.69, 9.17) is 13.9 Å². The van der Waals surface area contributed by atoms with Gasteiger partial charge in [-0.3, -0.25) is 39.0 Å². The van der Waals surface area contributed by atoms with Crippen molar-refractivity contribution in [2.24, 2.45) is 7.05 Å². The summed E-state index contributed by atoms with van der Waals surface area (Å²) < 4.78 is 18.2. The molecule has 0 aliphatic carbocycles. The number of pyridine rings is 1. The van der Waals surface area contributed by atoms with Gasteiger partial charge >= 0.3 is 0 Å². The first-order chi connectivity index (χ1) is 25.2. The number of piperidine rings is 1. The van der Waals surface area contributed by atoms with Crippen molar-refractivity contribution in [1.82, 2.24) is 30.0 Å². The Morgan fingerprint density at radius 1 is 1.00 bits per heavy atom. The Kier molecular flexibility index (Phi) is 9.24. The van der Waals surface area contributed by atoms with Crippen LogP contribution in [-0.2, 0) is 21.4 Å². The van der Waals surface area contributed by atoms with Crippen LogP contribution in [0.25, 0.3) is 22.7 Å². The molecule has 1 saturated heterocycles. The monoisotopic (exact) mass is 706 g/mol. The highest BCUT2D eigenvalue weighted by Crippen LogP contribution is 2.32. The third-order valence-corrected chi connectivity index (χ3v) is 8.32. The van der Waals surface area contributed by atoms with Crippen molar-refractivity contribution in [2.75, 3.05) is 37.0 Å². The number of rotatable bonds is 12. The SMILES string of the molecule is Cn1nc(-c2nc3cc(NC(=O)c4ccc(OCCOCCNc5cccc6c5C(=O)N(C5CCC(=O)NC5=O)C6=O)cn4)ccc3o2)ccc1=O. The lowest BCUT2D eigenvalue weighted by atomic mass is 10.0. The highest BCUT2D eigenvalue weighted by atomic mass is 16.5. The van der Waals surface area contributed by atoms with Gasteiger partial charge < -0.3 is 24.5 Å². The van der Waals surface area contributed by atoms with E-state index in [0.717, 1.165) is 4.90 Å². The van der Waals surface area contributed by atoms with E-state index in [1.54, 1.807) is 36.4 Å². The third-order valence-electron chi connectivity index (χ3n) is 8.32. The number of aromatic nitrogens is 4. The van der Waals surface area contributed by atoms with E-state index in [0.29, 0.717) is 40.5 Å². The lowest BCUT2D eigenvalue weighted by Crippen LogP contribution is -2.54. The van der Waals surface area contributed by atoms with Gasteiger partial charge in [-0.1, -0.05) is 6.07 Å². The Balaban J connectivity index is 0.852. The largest absolute Gasteiger partial charge is 0.490 e. The molecular formula is C35H30N8O9. The van der Waals surface area contributed by atoms with E-state index in [2.05, 4.69) is 31.0 Å². The molecule has 3 aromatic heterocycles. The molecule has 1 fully saturated rings. The van der Waals surface area contributed by atoms with Crippen molar-refractivity contribution in [2.45, 2.75) is 18.9 Å². The average molecular weight is 707 g/mol. The number of oxazole rings is 1. The Morgan fingerprint density at radius 2 is 1.87 bits per heavy atom. The standard InChI is InChI=1S/C35H30N8O9/c1-42-29(45)12-8-24(41-42)33-39-25-17-19(5-10-27(25)52-33)38-31(46)23-7-6-20(18-37-23)51-16-15-50-14-13-36-22-4-2-3-21-30(22)35(49)43(34(21)48)26-9-11-28(44)40-32(26)47/h2-8,10,12,17-18,26,36H,9,11,13-16H2,1H3,(H,38,46)(H,40,44,47). The Labute approximate surface area is 293 Å². The second-order valence-electron chi connectivity index (χ2n) is 11.8. The van der Waals surface area contributed by atoms with Crippen molar-refractivity contribution < 1.29 is 37.9 Å². The predicted octanol–water partition coefficient (Wildman–Crippen LogP) is 2.14. The van der Waals surface area contributed by atoms with Gasteiger partial charge in [0.05, 0.1) is 30.5 Å². The van der Waals surface area contributed by atoms with Crippen molar-refractivity contribution >= 4 is 52.0 Å². The fourth-order valence-electron chi connectivity index (χ4n) is 5.77. The van der Waals surface area contributed by atoms with Crippen LogP contribution in [0.1, 0.15) is 44.0 Å². The molecule has 2 aliphatic heterocycles. The summed E-state index contributed by atoms with van der Waals surface area (Å²) in [6.07, 6.45) is 1.55. The van der Waals surface area contributed by atoms with Crippen molar-refractivity contribution in [1.29, 1.82) is 0 Å². The van der Waals surface area contributed by atoms with Gasteiger partial charge in [0, 0.05) is 37.5 Å². The minimum atomic E-state index is -1.04. The highest BCUT2D eigenvalue weighted by Gasteiger charge is 2.45. The van der Waals surface area contributed by atoms with E-state index >= 15 is 0 Å². The maximum Gasteiger partial charge on any atom is 0.274 e. The van der Waals surface area contributed by atoms with Gasteiger partial charge in [-0.05, 0) is 55.0 Å². The molecule has 1 unspecified atom stereocenters. The molecule has 0 spiro atoms. The summed E-state index contributed by atoms with van der Waals surface area (Å²) in [5.74, 6) is -2.04. The normalized spacial score (nSPS) is 15.5. The van der Waals surface area contributed by atoms with E-state index in [1.165, 1.54) is 42.2 Å². The zero-order chi connectivity index (χ0) is 36.4. The first kappa shape index (κ1) is 33.7. The van der Waals surface area contributed by atoms with Crippen molar-refractivity contribution in [3.63, 3.8) is 0 Å². The molecule has 0 radical (unpaired) electrons. The van der Waals surface area contributed by atoms with Crippen LogP contribution in [0.4, 0.5) is 11.4 Å². The maximum absolute atomic E-state index is 13.2. The van der Waals surface area contributed by atoms with E-state index in [9.17, 15) is 28.8 Å². The van der Waals surface area contributed by atoms with E-state index in [1.807, 2.05) is 0 Å². The van der Waals surface area contributed by atoms with Gasteiger partial charge in [-0.25, -0.2) is 14.6 Å². The fourth-order valence-corrected chi connectivity index (χ4v) is 5.77. The van der Waals surface area contributed by atoms with Crippen LogP contribution >= 0.6 is 0 Å². The first-order valence-electron chi connectivity index (χ1n) is 16.2. The topological polar surface area (TPSA) is 217 Å².